The van der Waals surface area contributed by atoms with Crippen LogP contribution < -0.4 is 20.4 Å². The highest BCUT2D eigenvalue weighted by molar-refractivity contribution is 9.10. The smallest absolute Gasteiger partial charge is 0.250 e. The number of anilines is 4. The Kier molecular flexibility index (Phi) is 7.01. The zero-order valence-corrected chi connectivity index (χ0v) is 20.7. The fourth-order valence-electron chi connectivity index (χ4n) is 3.81. The lowest BCUT2D eigenvalue weighted by Gasteiger charge is -2.27. The van der Waals surface area contributed by atoms with Crippen LogP contribution >= 0.6 is 15.9 Å². The maximum Gasteiger partial charge on any atom is 0.250 e. The zero-order chi connectivity index (χ0) is 24.0. The second kappa shape index (κ2) is 10.7. The molecule has 2 heterocycles. The molecule has 0 bridgehead atoms. The van der Waals surface area contributed by atoms with Crippen LogP contribution in [0.5, 0.6) is 5.75 Å². The number of halogens is 1. The number of nitrogens with zero attached hydrogens (tertiary/aromatic N) is 5. The summed E-state index contributed by atoms with van der Waals surface area (Å²) in [4.78, 5) is 15.8. The molecule has 0 radical (unpaired) electrons. The van der Waals surface area contributed by atoms with Crippen molar-refractivity contribution in [1.82, 2.24) is 15.0 Å². The molecular weight excluding hydrogens is 510 g/mol. The second-order valence-corrected chi connectivity index (χ2v) is 8.71. The summed E-state index contributed by atoms with van der Waals surface area (Å²) in [6.07, 6.45) is 1.72. The lowest BCUT2D eigenvalue weighted by Crippen LogP contribution is -2.37. The van der Waals surface area contributed by atoms with Gasteiger partial charge in [-0.1, -0.05) is 52.3 Å². The van der Waals surface area contributed by atoms with Crippen LogP contribution in [-0.4, -0.2) is 54.6 Å². The molecule has 0 unspecified atom stereocenters. The molecule has 1 aliphatic rings. The largest absolute Gasteiger partial charge is 0.496 e. The standard InChI is InChI=1S/C25H24BrN7O2/c1-34-22-10-9-17-5-2-3-8-20(17)21(22)16-27-32-24-29-23(28-19-7-4-6-18(26)15-19)30-25(31-24)33-11-13-35-14-12-33/h2-10,15-16H,11-14H2,1H3,(H2,28,29,30,31,32)/b27-16+. The molecule has 2 N–H and O–H groups in total. The number of ether oxygens (including phenoxy) is 2. The number of nitrogens with one attached hydrogen (secondary N) is 2. The molecule has 9 nitrogen and oxygen atoms in total. The number of hydrogen-bond donors (Lipinski definition) is 2. The van der Waals surface area contributed by atoms with E-state index in [0.717, 1.165) is 32.2 Å². The summed E-state index contributed by atoms with van der Waals surface area (Å²) in [5, 5.41) is 9.83. The van der Waals surface area contributed by atoms with Crippen LogP contribution in [0.3, 0.4) is 0 Å². The van der Waals surface area contributed by atoms with E-state index in [0.29, 0.717) is 44.1 Å². The van der Waals surface area contributed by atoms with Gasteiger partial charge in [-0.25, -0.2) is 5.43 Å². The van der Waals surface area contributed by atoms with Gasteiger partial charge < -0.3 is 19.7 Å². The Labute approximate surface area is 211 Å². The summed E-state index contributed by atoms with van der Waals surface area (Å²) in [6.45, 7) is 2.66. The van der Waals surface area contributed by atoms with Gasteiger partial charge in [0.05, 0.1) is 26.5 Å². The van der Waals surface area contributed by atoms with Gasteiger partial charge in [0.15, 0.2) is 0 Å². The van der Waals surface area contributed by atoms with E-state index in [1.165, 1.54) is 0 Å². The summed E-state index contributed by atoms with van der Waals surface area (Å²) in [7, 11) is 1.65. The maximum absolute atomic E-state index is 5.56. The Morgan fingerprint density at radius 3 is 2.66 bits per heavy atom. The van der Waals surface area contributed by atoms with Gasteiger partial charge in [0.2, 0.25) is 17.8 Å². The second-order valence-electron chi connectivity index (χ2n) is 7.79. The number of hydrogen-bond acceptors (Lipinski definition) is 9. The van der Waals surface area contributed by atoms with Gasteiger partial charge >= 0.3 is 0 Å². The molecule has 4 aromatic rings. The summed E-state index contributed by atoms with van der Waals surface area (Å²) in [6, 6.07) is 19.9. The molecule has 1 saturated heterocycles. The van der Waals surface area contributed by atoms with Crippen LogP contribution in [0, 0.1) is 0 Å². The lowest BCUT2D eigenvalue weighted by molar-refractivity contribution is 0.122. The lowest BCUT2D eigenvalue weighted by atomic mass is 10.0. The van der Waals surface area contributed by atoms with Gasteiger partial charge in [-0.15, -0.1) is 0 Å². The van der Waals surface area contributed by atoms with Gasteiger partial charge in [-0.05, 0) is 35.0 Å². The monoisotopic (exact) mass is 533 g/mol. The van der Waals surface area contributed by atoms with Crippen molar-refractivity contribution in [3.63, 3.8) is 0 Å². The van der Waals surface area contributed by atoms with E-state index < -0.39 is 0 Å². The normalized spacial score (nSPS) is 13.8. The highest BCUT2D eigenvalue weighted by atomic mass is 79.9. The Morgan fingerprint density at radius 2 is 1.83 bits per heavy atom. The van der Waals surface area contributed by atoms with Crippen LogP contribution in [0.15, 0.2) is 70.2 Å². The summed E-state index contributed by atoms with van der Waals surface area (Å²) < 4.78 is 12.0. The fourth-order valence-corrected chi connectivity index (χ4v) is 4.21. The Balaban J connectivity index is 1.45. The summed E-state index contributed by atoms with van der Waals surface area (Å²) in [5.74, 6) is 2.03. The molecule has 35 heavy (non-hydrogen) atoms. The van der Waals surface area contributed by atoms with Gasteiger partial charge in [0.1, 0.15) is 5.75 Å². The predicted octanol–water partition coefficient (Wildman–Crippen LogP) is 4.82. The summed E-state index contributed by atoms with van der Waals surface area (Å²) in [5.41, 5.74) is 4.69. The van der Waals surface area contributed by atoms with Crippen molar-refractivity contribution in [2.75, 3.05) is 49.1 Å². The van der Waals surface area contributed by atoms with Gasteiger partial charge in [-0.2, -0.15) is 20.1 Å². The van der Waals surface area contributed by atoms with Crippen molar-refractivity contribution < 1.29 is 9.47 Å². The maximum atomic E-state index is 5.56. The molecule has 178 valence electrons. The van der Waals surface area contributed by atoms with Crippen molar-refractivity contribution in [3.8, 4) is 5.75 Å². The van der Waals surface area contributed by atoms with E-state index in [2.05, 4.69) is 57.7 Å². The average Bonchev–Trinajstić information content (AvgIpc) is 2.89. The van der Waals surface area contributed by atoms with Crippen molar-refractivity contribution in [3.05, 3.63) is 70.7 Å². The van der Waals surface area contributed by atoms with Crippen molar-refractivity contribution in [2.45, 2.75) is 0 Å². The zero-order valence-electron chi connectivity index (χ0n) is 19.1. The number of fused-ring (bicyclic) bond motifs is 1. The first-order valence-corrected chi connectivity index (χ1v) is 11.9. The quantitative estimate of drug-likeness (QED) is 0.257. The number of rotatable bonds is 7. The number of methoxy groups -OCH3 is 1. The molecule has 0 aliphatic carbocycles. The van der Waals surface area contributed by atoms with Crippen LogP contribution in [0.1, 0.15) is 5.56 Å². The SMILES string of the molecule is COc1ccc2ccccc2c1/C=N/Nc1nc(Nc2cccc(Br)c2)nc(N2CCOCC2)n1. The average molecular weight is 534 g/mol. The number of hydrazone groups is 1. The predicted molar refractivity (Wildman–Crippen MR) is 142 cm³/mol. The van der Waals surface area contributed by atoms with E-state index in [1.54, 1.807) is 13.3 Å². The van der Waals surface area contributed by atoms with E-state index in [9.17, 15) is 0 Å². The van der Waals surface area contributed by atoms with Gasteiger partial charge in [0.25, 0.3) is 0 Å². The molecule has 3 aromatic carbocycles. The first-order chi connectivity index (χ1) is 17.2. The van der Waals surface area contributed by atoms with Crippen molar-refractivity contribution >= 4 is 56.4 Å². The topological polar surface area (TPSA) is 96.8 Å². The third-order valence-corrected chi connectivity index (χ3v) is 6.00. The third kappa shape index (κ3) is 5.50. The molecule has 1 aromatic heterocycles. The van der Waals surface area contributed by atoms with Crippen LogP contribution in [-0.2, 0) is 4.74 Å². The van der Waals surface area contributed by atoms with Crippen LogP contribution in [0.25, 0.3) is 10.8 Å². The van der Waals surface area contributed by atoms with E-state index in [-0.39, 0.29) is 0 Å². The Hall–Kier alpha value is -3.76. The van der Waals surface area contributed by atoms with Crippen molar-refractivity contribution in [1.29, 1.82) is 0 Å². The third-order valence-electron chi connectivity index (χ3n) is 5.51. The number of benzene rings is 3. The van der Waals surface area contributed by atoms with Crippen LogP contribution in [0.4, 0.5) is 23.5 Å². The molecule has 0 amide bonds. The Morgan fingerprint density at radius 1 is 1.00 bits per heavy atom. The molecular formula is C25H24BrN7O2. The minimum Gasteiger partial charge on any atom is -0.496 e. The minimum absolute atomic E-state index is 0.328. The molecule has 0 spiro atoms. The molecule has 10 heteroatoms. The molecule has 0 atom stereocenters. The minimum atomic E-state index is 0.328. The van der Waals surface area contributed by atoms with Gasteiger partial charge in [0, 0.05) is 28.8 Å². The molecule has 0 saturated carbocycles. The summed E-state index contributed by atoms with van der Waals surface area (Å²) >= 11 is 3.50. The van der Waals surface area contributed by atoms with Crippen molar-refractivity contribution in [2.24, 2.45) is 5.10 Å². The number of aromatic nitrogens is 3. The highest BCUT2D eigenvalue weighted by Crippen LogP contribution is 2.26. The first-order valence-electron chi connectivity index (χ1n) is 11.2. The first kappa shape index (κ1) is 23.0. The highest BCUT2D eigenvalue weighted by Gasteiger charge is 2.17. The van der Waals surface area contributed by atoms with E-state index in [1.807, 2.05) is 54.6 Å². The Bertz CT molecular complexity index is 1360. The molecule has 1 aliphatic heterocycles. The fraction of sp³-hybridized carbons (Fsp3) is 0.200. The van der Waals surface area contributed by atoms with E-state index in [4.69, 9.17) is 9.47 Å². The molecule has 5 rings (SSSR count). The molecule has 1 fully saturated rings. The van der Waals surface area contributed by atoms with Crippen LogP contribution in [0.2, 0.25) is 0 Å². The van der Waals surface area contributed by atoms with E-state index >= 15 is 0 Å². The number of morpholine rings is 1. The van der Waals surface area contributed by atoms with Gasteiger partial charge in [-0.3, -0.25) is 0 Å².